The third-order valence-electron chi connectivity index (χ3n) is 3.19. The SMILES string of the molecule is NCC1CCCC2(CCS(=O)(=O)C2)O1. The highest BCUT2D eigenvalue weighted by Gasteiger charge is 2.45. The Balaban J connectivity index is 2.10. The highest BCUT2D eigenvalue weighted by molar-refractivity contribution is 7.91. The molecule has 14 heavy (non-hydrogen) atoms. The van der Waals surface area contributed by atoms with Gasteiger partial charge in [0, 0.05) is 6.54 Å². The first-order chi connectivity index (χ1) is 6.55. The van der Waals surface area contributed by atoms with Crippen LogP contribution in [0.3, 0.4) is 0 Å². The summed E-state index contributed by atoms with van der Waals surface area (Å²) < 4.78 is 28.6. The fraction of sp³-hybridized carbons (Fsp3) is 1.00. The number of hydrogen-bond donors (Lipinski definition) is 1. The van der Waals surface area contributed by atoms with Gasteiger partial charge in [-0.1, -0.05) is 0 Å². The van der Waals surface area contributed by atoms with Crippen molar-refractivity contribution in [1.82, 2.24) is 0 Å². The minimum atomic E-state index is -2.85. The Kier molecular flexibility index (Phi) is 2.57. The molecule has 5 heteroatoms. The van der Waals surface area contributed by atoms with Crippen molar-refractivity contribution < 1.29 is 13.2 Å². The van der Waals surface area contributed by atoms with E-state index < -0.39 is 9.84 Å². The van der Waals surface area contributed by atoms with Crippen LogP contribution < -0.4 is 5.73 Å². The molecule has 2 N–H and O–H groups in total. The molecule has 4 nitrogen and oxygen atoms in total. The Hall–Kier alpha value is -0.130. The first kappa shape index (κ1) is 10.4. The summed E-state index contributed by atoms with van der Waals surface area (Å²) in [6, 6.07) is 0. The van der Waals surface area contributed by atoms with Gasteiger partial charge in [0.05, 0.1) is 23.2 Å². The fourth-order valence-electron chi connectivity index (χ4n) is 2.47. The molecule has 2 unspecified atom stereocenters. The highest BCUT2D eigenvalue weighted by Crippen LogP contribution is 2.37. The number of nitrogens with two attached hydrogens (primary N) is 1. The van der Waals surface area contributed by atoms with Crippen LogP contribution >= 0.6 is 0 Å². The molecular formula is C9H17NO3S. The maximum Gasteiger partial charge on any atom is 0.153 e. The minimum Gasteiger partial charge on any atom is -0.369 e. The third-order valence-corrected chi connectivity index (χ3v) is 4.98. The summed E-state index contributed by atoms with van der Waals surface area (Å²) in [5.74, 6) is 0.487. The molecule has 0 amide bonds. The molecule has 2 rings (SSSR count). The zero-order chi connectivity index (χ0) is 10.2. The molecule has 0 saturated carbocycles. The van der Waals surface area contributed by atoms with Gasteiger partial charge in [0.1, 0.15) is 0 Å². The Morgan fingerprint density at radius 1 is 1.43 bits per heavy atom. The van der Waals surface area contributed by atoms with Crippen molar-refractivity contribution >= 4 is 9.84 Å². The Labute approximate surface area is 84.7 Å². The van der Waals surface area contributed by atoms with Gasteiger partial charge >= 0.3 is 0 Å². The van der Waals surface area contributed by atoms with Crippen molar-refractivity contribution in [2.24, 2.45) is 5.73 Å². The first-order valence-electron chi connectivity index (χ1n) is 5.14. The molecule has 0 radical (unpaired) electrons. The molecule has 2 heterocycles. The monoisotopic (exact) mass is 219 g/mol. The van der Waals surface area contributed by atoms with Crippen LogP contribution in [0.15, 0.2) is 0 Å². The second-order valence-corrected chi connectivity index (χ2v) is 6.58. The van der Waals surface area contributed by atoms with Crippen molar-refractivity contribution in [1.29, 1.82) is 0 Å². The molecule has 0 aromatic heterocycles. The average Bonchev–Trinajstić information content (AvgIpc) is 2.42. The van der Waals surface area contributed by atoms with E-state index in [4.69, 9.17) is 10.5 Å². The fourth-order valence-corrected chi connectivity index (χ4v) is 4.45. The van der Waals surface area contributed by atoms with Crippen LogP contribution in [-0.4, -0.2) is 38.2 Å². The lowest BCUT2D eigenvalue weighted by Crippen LogP contribution is -2.44. The summed E-state index contributed by atoms with van der Waals surface area (Å²) in [5, 5.41) is 0. The lowest BCUT2D eigenvalue weighted by atomic mass is 9.91. The predicted molar refractivity (Wildman–Crippen MR) is 53.8 cm³/mol. The van der Waals surface area contributed by atoms with Crippen LogP contribution in [0.4, 0.5) is 0 Å². The number of rotatable bonds is 1. The van der Waals surface area contributed by atoms with E-state index >= 15 is 0 Å². The maximum atomic E-state index is 11.4. The van der Waals surface area contributed by atoms with Crippen LogP contribution in [0, 0.1) is 0 Å². The topological polar surface area (TPSA) is 69.4 Å². The van der Waals surface area contributed by atoms with Gasteiger partial charge in [-0.05, 0) is 25.7 Å². The zero-order valence-corrected chi connectivity index (χ0v) is 9.05. The minimum absolute atomic E-state index is 0.0667. The quantitative estimate of drug-likeness (QED) is 0.677. The molecule has 1 spiro atoms. The molecule has 0 bridgehead atoms. The molecule has 2 aliphatic heterocycles. The van der Waals surface area contributed by atoms with Crippen molar-refractivity contribution in [3.63, 3.8) is 0 Å². The van der Waals surface area contributed by atoms with Gasteiger partial charge in [0.2, 0.25) is 0 Å². The molecule has 0 aromatic rings. The van der Waals surface area contributed by atoms with Gasteiger partial charge in [-0.15, -0.1) is 0 Å². The number of hydrogen-bond acceptors (Lipinski definition) is 4. The molecule has 0 aromatic carbocycles. The van der Waals surface area contributed by atoms with Crippen molar-refractivity contribution in [3.05, 3.63) is 0 Å². The maximum absolute atomic E-state index is 11.4. The average molecular weight is 219 g/mol. The summed E-state index contributed by atoms with van der Waals surface area (Å²) in [6.45, 7) is 0.502. The van der Waals surface area contributed by atoms with E-state index in [1.807, 2.05) is 0 Å². The van der Waals surface area contributed by atoms with Crippen LogP contribution in [-0.2, 0) is 14.6 Å². The van der Waals surface area contributed by atoms with Gasteiger partial charge < -0.3 is 10.5 Å². The van der Waals surface area contributed by atoms with Gasteiger partial charge in [-0.3, -0.25) is 0 Å². The second kappa shape index (κ2) is 3.47. The summed E-state index contributed by atoms with van der Waals surface area (Å²) in [5.41, 5.74) is 5.16. The lowest BCUT2D eigenvalue weighted by molar-refractivity contribution is -0.108. The van der Waals surface area contributed by atoms with Gasteiger partial charge in [0.25, 0.3) is 0 Å². The van der Waals surface area contributed by atoms with E-state index in [2.05, 4.69) is 0 Å². The van der Waals surface area contributed by atoms with Crippen molar-refractivity contribution in [2.75, 3.05) is 18.1 Å². The van der Waals surface area contributed by atoms with Crippen LogP contribution in [0.25, 0.3) is 0 Å². The largest absolute Gasteiger partial charge is 0.369 e. The second-order valence-electron chi connectivity index (χ2n) is 4.39. The first-order valence-corrected chi connectivity index (χ1v) is 6.96. The number of sulfone groups is 1. The van der Waals surface area contributed by atoms with Crippen LogP contribution in [0.5, 0.6) is 0 Å². The summed E-state index contributed by atoms with van der Waals surface area (Å²) >= 11 is 0. The summed E-state index contributed by atoms with van der Waals surface area (Å²) in [6.07, 6.45) is 3.61. The summed E-state index contributed by atoms with van der Waals surface area (Å²) in [7, 11) is -2.85. The standard InChI is InChI=1S/C9H17NO3S/c10-6-8-2-1-3-9(13-8)4-5-14(11,12)7-9/h8H,1-7,10H2. The van der Waals surface area contributed by atoms with E-state index in [1.165, 1.54) is 0 Å². The zero-order valence-electron chi connectivity index (χ0n) is 8.24. The normalized spacial score (nSPS) is 41.6. The van der Waals surface area contributed by atoms with E-state index in [-0.39, 0.29) is 23.2 Å². The van der Waals surface area contributed by atoms with Crippen LogP contribution in [0.1, 0.15) is 25.7 Å². The van der Waals surface area contributed by atoms with Gasteiger partial charge in [-0.25, -0.2) is 8.42 Å². The van der Waals surface area contributed by atoms with E-state index in [0.29, 0.717) is 13.0 Å². The van der Waals surface area contributed by atoms with E-state index in [9.17, 15) is 8.42 Å². The Morgan fingerprint density at radius 3 is 2.79 bits per heavy atom. The number of ether oxygens (including phenoxy) is 1. The molecular weight excluding hydrogens is 202 g/mol. The Morgan fingerprint density at radius 2 is 2.21 bits per heavy atom. The Bertz CT molecular complexity index is 314. The third kappa shape index (κ3) is 1.94. The van der Waals surface area contributed by atoms with Crippen molar-refractivity contribution in [3.8, 4) is 0 Å². The summed E-state index contributed by atoms with van der Waals surface area (Å²) in [4.78, 5) is 0. The molecule has 0 aliphatic carbocycles. The smallest absolute Gasteiger partial charge is 0.153 e. The molecule has 2 saturated heterocycles. The highest BCUT2D eigenvalue weighted by atomic mass is 32.2. The van der Waals surface area contributed by atoms with Gasteiger partial charge in [0.15, 0.2) is 9.84 Å². The molecule has 2 fully saturated rings. The molecule has 82 valence electrons. The predicted octanol–water partition coefficient (Wildman–Crippen LogP) is 0.0715. The van der Waals surface area contributed by atoms with E-state index in [0.717, 1.165) is 19.3 Å². The lowest BCUT2D eigenvalue weighted by Gasteiger charge is -2.37. The molecule has 2 aliphatic rings. The van der Waals surface area contributed by atoms with Crippen LogP contribution in [0.2, 0.25) is 0 Å². The van der Waals surface area contributed by atoms with Gasteiger partial charge in [-0.2, -0.15) is 0 Å². The molecule has 2 atom stereocenters. The van der Waals surface area contributed by atoms with Crippen molar-refractivity contribution in [2.45, 2.75) is 37.4 Å². The van der Waals surface area contributed by atoms with E-state index in [1.54, 1.807) is 0 Å².